The van der Waals surface area contributed by atoms with Gasteiger partial charge in [-0.15, -0.1) is 0 Å². The molecule has 0 aliphatic carbocycles. The summed E-state index contributed by atoms with van der Waals surface area (Å²) in [7, 11) is -13.3. The van der Waals surface area contributed by atoms with Gasteiger partial charge < -0.3 is 24.7 Å². The molecule has 6 nitrogen and oxygen atoms in total. The molecule has 0 rings (SSSR count). The summed E-state index contributed by atoms with van der Waals surface area (Å²) in [5, 5.41) is 0. The second-order valence-corrected chi connectivity index (χ2v) is 30.8. The lowest BCUT2D eigenvalue weighted by atomic mass is 11.0. The molecule has 28 heavy (non-hydrogen) atoms. The van der Waals surface area contributed by atoms with Crippen LogP contribution >= 0.6 is 0 Å². The van der Waals surface area contributed by atoms with Gasteiger partial charge in [-0.2, -0.15) is 0 Å². The van der Waals surface area contributed by atoms with E-state index in [1.54, 1.807) is 0 Å². The third kappa shape index (κ3) is 13.0. The van der Waals surface area contributed by atoms with E-state index >= 15 is 0 Å². The van der Waals surface area contributed by atoms with Crippen molar-refractivity contribution in [3.8, 4) is 0 Å². The molecular formula is C14H46O6Si8. The molecule has 0 aliphatic heterocycles. The van der Waals surface area contributed by atoms with E-state index in [0.29, 0.717) is 0 Å². The van der Waals surface area contributed by atoms with Crippen LogP contribution in [0.1, 0.15) is 0 Å². The van der Waals surface area contributed by atoms with Crippen molar-refractivity contribution in [1.82, 2.24) is 0 Å². The summed E-state index contributed by atoms with van der Waals surface area (Å²) in [4.78, 5) is 0. The molecule has 0 saturated heterocycles. The molecule has 0 N–H and O–H groups in total. The highest BCUT2D eigenvalue weighted by atomic mass is 28.5. The number of hydrogen-bond donors (Lipinski definition) is 0. The topological polar surface area (TPSA) is 55.4 Å². The van der Waals surface area contributed by atoms with Crippen molar-refractivity contribution in [2.45, 2.75) is 90.7 Å². The van der Waals surface area contributed by atoms with Crippen molar-refractivity contribution < 1.29 is 24.7 Å². The Morgan fingerprint density at radius 3 is 0.607 bits per heavy atom. The minimum Gasteiger partial charge on any atom is -0.420 e. The lowest BCUT2D eigenvalue weighted by Gasteiger charge is -2.39. The van der Waals surface area contributed by atoms with Crippen molar-refractivity contribution in [3.63, 3.8) is 0 Å². The standard InChI is InChI=1S/C14H46O6Si8/c1-21(2)15-27(16-22(3)4,17-23(5)6)13-14-28(18-24(7)8,19-25(9)10)20-26(11)12/h21-26H,13-14H2,1-12H3. The lowest BCUT2D eigenvalue weighted by Crippen LogP contribution is -2.58. The maximum absolute atomic E-state index is 6.56. The summed E-state index contributed by atoms with van der Waals surface area (Å²) in [6, 6.07) is 1.54. The van der Waals surface area contributed by atoms with Crippen LogP contribution in [0.5, 0.6) is 0 Å². The van der Waals surface area contributed by atoms with E-state index in [1.165, 1.54) is 0 Å². The van der Waals surface area contributed by atoms with E-state index in [9.17, 15) is 0 Å². The van der Waals surface area contributed by atoms with Gasteiger partial charge in [0.1, 0.15) is 0 Å². The van der Waals surface area contributed by atoms with Gasteiger partial charge in [0, 0.05) is 12.1 Å². The summed E-state index contributed by atoms with van der Waals surface area (Å²) in [6.45, 7) is 26.4. The van der Waals surface area contributed by atoms with E-state index in [0.717, 1.165) is 12.1 Å². The van der Waals surface area contributed by atoms with Gasteiger partial charge in [-0.1, -0.05) is 0 Å². The molecule has 0 heterocycles. The van der Waals surface area contributed by atoms with Crippen molar-refractivity contribution in [1.29, 1.82) is 0 Å². The first kappa shape index (κ1) is 29.5. The Morgan fingerprint density at radius 1 is 0.357 bits per heavy atom. The molecule has 0 aromatic rings. The van der Waals surface area contributed by atoms with Gasteiger partial charge in [0.15, 0.2) is 54.2 Å². The van der Waals surface area contributed by atoms with Crippen LogP contribution in [0, 0.1) is 0 Å². The molecule has 0 aromatic heterocycles. The average molecular weight is 535 g/mol. The first-order chi connectivity index (χ1) is 12.7. The van der Waals surface area contributed by atoms with Crippen molar-refractivity contribution >= 4 is 71.9 Å². The molecule has 0 bridgehead atoms. The minimum absolute atomic E-state index is 0.768. The zero-order valence-corrected chi connectivity index (χ0v) is 29.3. The van der Waals surface area contributed by atoms with Gasteiger partial charge in [-0.25, -0.2) is 0 Å². The van der Waals surface area contributed by atoms with Crippen LogP contribution < -0.4 is 0 Å². The number of hydrogen-bond acceptors (Lipinski definition) is 6. The normalized spacial score (nSPS) is 13.9. The van der Waals surface area contributed by atoms with Crippen LogP contribution in [0.4, 0.5) is 0 Å². The zero-order valence-electron chi connectivity index (χ0n) is 20.3. The van der Waals surface area contributed by atoms with Gasteiger partial charge in [0.05, 0.1) is 0 Å². The van der Waals surface area contributed by atoms with Crippen LogP contribution in [0.2, 0.25) is 90.7 Å². The smallest absolute Gasteiger partial charge is 0.420 e. The molecule has 0 fully saturated rings. The molecule has 0 aliphatic rings. The Labute approximate surface area is 186 Å². The maximum atomic E-state index is 6.56. The molecule has 0 aromatic carbocycles. The summed E-state index contributed by atoms with van der Waals surface area (Å²) < 4.78 is 39.4. The molecule has 14 heteroatoms. The Kier molecular flexibility index (Phi) is 14.5. The van der Waals surface area contributed by atoms with Gasteiger partial charge in [-0.05, 0) is 78.6 Å². The minimum atomic E-state index is -2.72. The second-order valence-electron chi connectivity index (χ2n) is 8.87. The SMILES string of the molecule is C[SiH](C)O[Si](CC[Si](O[SiH](C)C)(O[SiH](C)C)O[SiH](C)C)(O[SiH](C)C)O[SiH](C)C. The maximum Gasteiger partial charge on any atom is 0.468 e. The molecular weight excluding hydrogens is 489 g/mol. The van der Waals surface area contributed by atoms with Crippen molar-refractivity contribution in [3.05, 3.63) is 0 Å². The highest BCUT2D eigenvalue weighted by molar-refractivity contribution is 6.83. The Balaban J connectivity index is 5.82. The summed E-state index contributed by atoms with van der Waals surface area (Å²) in [5.41, 5.74) is 0. The van der Waals surface area contributed by atoms with Crippen LogP contribution in [0.25, 0.3) is 0 Å². The Bertz CT molecular complexity index is 334. The van der Waals surface area contributed by atoms with Crippen LogP contribution in [-0.4, -0.2) is 71.9 Å². The third-order valence-electron chi connectivity index (χ3n) is 3.23. The summed E-state index contributed by atoms with van der Waals surface area (Å²) in [5.74, 6) is 0. The van der Waals surface area contributed by atoms with Crippen LogP contribution in [-0.2, 0) is 24.7 Å². The van der Waals surface area contributed by atoms with Crippen LogP contribution in [0.15, 0.2) is 0 Å². The van der Waals surface area contributed by atoms with Gasteiger partial charge in [0.25, 0.3) is 0 Å². The Hall–Kier alpha value is 1.50. The van der Waals surface area contributed by atoms with E-state index < -0.39 is 71.9 Å². The van der Waals surface area contributed by atoms with E-state index in [2.05, 4.69) is 78.6 Å². The highest BCUT2D eigenvalue weighted by Crippen LogP contribution is 2.29. The fourth-order valence-electron chi connectivity index (χ4n) is 2.98. The van der Waals surface area contributed by atoms with Gasteiger partial charge >= 0.3 is 17.6 Å². The van der Waals surface area contributed by atoms with Crippen LogP contribution in [0.3, 0.4) is 0 Å². The fraction of sp³-hybridized carbons (Fsp3) is 1.00. The highest BCUT2D eigenvalue weighted by Gasteiger charge is 2.50. The summed E-state index contributed by atoms with van der Waals surface area (Å²) in [6.07, 6.45) is 0. The molecule has 0 atom stereocenters. The lowest BCUT2D eigenvalue weighted by molar-refractivity contribution is 0.249. The predicted octanol–water partition coefficient (Wildman–Crippen LogP) is 2.86. The van der Waals surface area contributed by atoms with Crippen molar-refractivity contribution in [2.75, 3.05) is 0 Å². The first-order valence-corrected chi connectivity index (χ1v) is 31.3. The number of rotatable bonds is 15. The second kappa shape index (κ2) is 13.8. The van der Waals surface area contributed by atoms with Gasteiger partial charge in [-0.3, -0.25) is 0 Å². The Morgan fingerprint density at radius 2 is 0.500 bits per heavy atom. The molecule has 0 amide bonds. The molecule has 0 spiro atoms. The van der Waals surface area contributed by atoms with E-state index in [-0.39, 0.29) is 0 Å². The average Bonchev–Trinajstić information content (AvgIpc) is 2.40. The summed E-state index contributed by atoms with van der Waals surface area (Å²) >= 11 is 0. The largest absolute Gasteiger partial charge is 0.468 e. The first-order valence-electron chi connectivity index (χ1n) is 10.8. The predicted molar refractivity (Wildman–Crippen MR) is 141 cm³/mol. The van der Waals surface area contributed by atoms with Crippen molar-refractivity contribution in [2.24, 2.45) is 0 Å². The third-order valence-corrected chi connectivity index (χ3v) is 25.4. The molecule has 0 radical (unpaired) electrons. The monoisotopic (exact) mass is 534 g/mol. The molecule has 170 valence electrons. The van der Waals surface area contributed by atoms with Gasteiger partial charge in [0.2, 0.25) is 0 Å². The zero-order chi connectivity index (χ0) is 22.1. The fourth-order valence-corrected chi connectivity index (χ4v) is 29.8. The quantitative estimate of drug-likeness (QED) is 0.301. The molecule has 0 unspecified atom stereocenters. The van der Waals surface area contributed by atoms with E-state index in [4.69, 9.17) is 24.7 Å². The molecule has 0 saturated carbocycles. The van der Waals surface area contributed by atoms with E-state index in [1.807, 2.05) is 0 Å².